The van der Waals surface area contributed by atoms with Crippen LogP contribution in [0.25, 0.3) is 12.2 Å². The maximum Gasteiger partial charge on any atom is 0.269 e. The number of rotatable bonds is 7. The monoisotopic (exact) mass is 419 g/mol. The van der Waals surface area contributed by atoms with Gasteiger partial charge < -0.3 is 0 Å². The SMILES string of the molecule is Cc1ccc(Cc2ccc(/C=C/c3ccc(Cc4ccc([N+](=O)[O-])cc4)cc3)cc2)cc1. The number of nitro groups is 1. The second-order valence-electron chi connectivity index (χ2n) is 8.08. The molecule has 0 aliphatic rings. The number of nitro benzene ring substituents is 1. The molecule has 0 bridgehead atoms. The summed E-state index contributed by atoms with van der Waals surface area (Å²) >= 11 is 0. The summed E-state index contributed by atoms with van der Waals surface area (Å²) in [5.74, 6) is 0. The molecule has 0 amide bonds. The van der Waals surface area contributed by atoms with E-state index >= 15 is 0 Å². The van der Waals surface area contributed by atoms with Crippen molar-refractivity contribution in [1.82, 2.24) is 0 Å². The number of aryl methyl sites for hydroxylation is 1. The van der Waals surface area contributed by atoms with Crippen LogP contribution in [0.5, 0.6) is 0 Å². The Bertz CT molecular complexity index is 1200. The van der Waals surface area contributed by atoms with Crippen LogP contribution in [0.2, 0.25) is 0 Å². The molecule has 0 heterocycles. The summed E-state index contributed by atoms with van der Waals surface area (Å²) in [5, 5.41) is 10.8. The zero-order chi connectivity index (χ0) is 22.3. The van der Waals surface area contributed by atoms with Crippen molar-refractivity contribution in [3.63, 3.8) is 0 Å². The molecule has 0 radical (unpaired) electrons. The van der Waals surface area contributed by atoms with Gasteiger partial charge in [-0.2, -0.15) is 0 Å². The van der Waals surface area contributed by atoms with Crippen LogP contribution in [-0.2, 0) is 12.8 Å². The molecule has 0 aromatic heterocycles. The standard InChI is InChI=1S/C29H25NO2/c1-22-2-4-25(5-3-22)20-26-12-8-23(9-13-26)6-7-24-10-14-27(15-11-24)21-28-16-18-29(19-17-28)30(31)32/h2-19H,20-21H2,1H3/b7-6+. The molecule has 0 N–H and O–H groups in total. The van der Waals surface area contributed by atoms with E-state index in [0.29, 0.717) is 0 Å². The van der Waals surface area contributed by atoms with Crippen LogP contribution in [-0.4, -0.2) is 4.92 Å². The number of hydrogen-bond acceptors (Lipinski definition) is 2. The van der Waals surface area contributed by atoms with Crippen molar-refractivity contribution in [2.75, 3.05) is 0 Å². The van der Waals surface area contributed by atoms with Crippen LogP contribution < -0.4 is 0 Å². The second-order valence-corrected chi connectivity index (χ2v) is 8.08. The van der Waals surface area contributed by atoms with Crippen LogP contribution in [0.3, 0.4) is 0 Å². The van der Waals surface area contributed by atoms with Crippen molar-refractivity contribution >= 4 is 17.8 Å². The highest BCUT2D eigenvalue weighted by Crippen LogP contribution is 2.17. The van der Waals surface area contributed by atoms with Gasteiger partial charge in [-0.3, -0.25) is 10.1 Å². The summed E-state index contributed by atoms with van der Waals surface area (Å²) in [5.41, 5.74) is 8.59. The van der Waals surface area contributed by atoms with E-state index < -0.39 is 0 Å². The van der Waals surface area contributed by atoms with Crippen molar-refractivity contribution in [3.05, 3.63) is 146 Å². The van der Waals surface area contributed by atoms with Gasteiger partial charge in [-0.1, -0.05) is 103 Å². The first kappa shape index (κ1) is 21.3. The van der Waals surface area contributed by atoms with E-state index in [1.54, 1.807) is 12.1 Å². The molecule has 0 spiro atoms. The Hall–Kier alpha value is -3.98. The fourth-order valence-electron chi connectivity index (χ4n) is 3.60. The smallest absolute Gasteiger partial charge is 0.258 e. The summed E-state index contributed by atoms with van der Waals surface area (Å²) in [4.78, 5) is 10.4. The highest BCUT2D eigenvalue weighted by Gasteiger charge is 2.04. The number of non-ortho nitro benzene ring substituents is 1. The third-order valence-electron chi connectivity index (χ3n) is 5.51. The largest absolute Gasteiger partial charge is 0.269 e. The summed E-state index contributed by atoms with van der Waals surface area (Å²) < 4.78 is 0. The fourth-order valence-corrected chi connectivity index (χ4v) is 3.60. The Morgan fingerprint density at radius 3 is 1.31 bits per heavy atom. The third kappa shape index (κ3) is 5.79. The zero-order valence-corrected chi connectivity index (χ0v) is 18.1. The van der Waals surface area contributed by atoms with Crippen molar-refractivity contribution in [2.24, 2.45) is 0 Å². The van der Waals surface area contributed by atoms with Crippen LogP contribution in [0.4, 0.5) is 5.69 Å². The lowest BCUT2D eigenvalue weighted by atomic mass is 10.0. The topological polar surface area (TPSA) is 43.1 Å². The van der Waals surface area contributed by atoms with Crippen LogP contribution in [0, 0.1) is 17.0 Å². The van der Waals surface area contributed by atoms with Gasteiger partial charge in [0.1, 0.15) is 0 Å². The first-order valence-corrected chi connectivity index (χ1v) is 10.7. The Morgan fingerprint density at radius 2 is 0.938 bits per heavy atom. The van der Waals surface area contributed by atoms with Crippen LogP contribution in [0.1, 0.15) is 38.9 Å². The van der Waals surface area contributed by atoms with E-state index in [9.17, 15) is 10.1 Å². The quantitative estimate of drug-likeness (QED) is 0.180. The Morgan fingerprint density at radius 1 is 0.594 bits per heavy atom. The molecular formula is C29H25NO2. The highest BCUT2D eigenvalue weighted by molar-refractivity contribution is 5.69. The lowest BCUT2D eigenvalue weighted by Crippen LogP contribution is -1.91. The van der Waals surface area contributed by atoms with Crippen molar-refractivity contribution < 1.29 is 4.92 Å². The summed E-state index contributed by atoms with van der Waals surface area (Å²) in [6.07, 6.45) is 5.94. The molecule has 158 valence electrons. The highest BCUT2D eigenvalue weighted by atomic mass is 16.6. The molecule has 0 fully saturated rings. The average molecular weight is 420 g/mol. The summed E-state index contributed by atoms with van der Waals surface area (Å²) in [6, 6.07) is 32.5. The van der Waals surface area contributed by atoms with E-state index in [2.05, 4.69) is 91.9 Å². The summed E-state index contributed by atoms with van der Waals surface area (Å²) in [7, 11) is 0. The Labute approximate surface area is 188 Å². The van der Waals surface area contributed by atoms with Crippen LogP contribution >= 0.6 is 0 Å². The fraction of sp³-hybridized carbons (Fsp3) is 0.103. The van der Waals surface area contributed by atoms with Crippen molar-refractivity contribution in [2.45, 2.75) is 19.8 Å². The van der Waals surface area contributed by atoms with Gasteiger partial charge >= 0.3 is 0 Å². The minimum atomic E-state index is -0.373. The maximum atomic E-state index is 10.8. The normalized spacial score (nSPS) is 11.0. The second kappa shape index (κ2) is 9.88. The molecule has 0 unspecified atom stereocenters. The van der Waals surface area contributed by atoms with Gasteiger partial charge in [-0.15, -0.1) is 0 Å². The first-order valence-electron chi connectivity index (χ1n) is 10.7. The molecule has 4 rings (SSSR count). The Kier molecular flexibility index (Phi) is 6.57. The molecule has 0 atom stereocenters. The zero-order valence-electron chi connectivity index (χ0n) is 18.1. The minimum Gasteiger partial charge on any atom is -0.258 e. The predicted molar refractivity (Wildman–Crippen MR) is 132 cm³/mol. The molecule has 3 heteroatoms. The van der Waals surface area contributed by atoms with Gasteiger partial charge in [0.15, 0.2) is 0 Å². The number of benzene rings is 4. The average Bonchev–Trinajstić information content (AvgIpc) is 2.81. The van der Waals surface area contributed by atoms with Gasteiger partial charge in [0.2, 0.25) is 0 Å². The minimum absolute atomic E-state index is 0.123. The van der Waals surface area contributed by atoms with Gasteiger partial charge in [0.05, 0.1) is 4.92 Å². The van der Waals surface area contributed by atoms with E-state index in [1.165, 1.54) is 27.8 Å². The molecule has 3 nitrogen and oxygen atoms in total. The molecule has 0 aliphatic heterocycles. The lowest BCUT2D eigenvalue weighted by molar-refractivity contribution is -0.384. The Balaban J connectivity index is 1.35. The number of nitrogens with zero attached hydrogens (tertiary/aromatic N) is 1. The molecular weight excluding hydrogens is 394 g/mol. The van der Waals surface area contributed by atoms with Crippen molar-refractivity contribution in [1.29, 1.82) is 0 Å². The molecule has 32 heavy (non-hydrogen) atoms. The van der Waals surface area contributed by atoms with Crippen LogP contribution in [0.15, 0.2) is 97.1 Å². The molecule has 0 aliphatic carbocycles. The van der Waals surface area contributed by atoms with Crippen molar-refractivity contribution in [3.8, 4) is 0 Å². The first-order chi connectivity index (χ1) is 15.5. The van der Waals surface area contributed by atoms with E-state index in [1.807, 2.05) is 12.1 Å². The third-order valence-corrected chi connectivity index (χ3v) is 5.51. The molecule has 0 saturated carbocycles. The predicted octanol–water partition coefficient (Wildman–Crippen LogP) is 7.26. The van der Waals surface area contributed by atoms with E-state index in [4.69, 9.17) is 0 Å². The molecule has 4 aromatic carbocycles. The van der Waals surface area contributed by atoms with E-state index in [-0.39, 0.29) is 10.6 Å². The van der Waals surface area contributed by atoms with Gasteiger partial charge in [-0.05, 0) is 53.1 Å². The molecule has 0 saturated heterocycles. The number of hydrogen-bond donors (Lipinski definition) is 0. The maximum absolute atomic E-state index is 10.8. The summed E-state index contributed by atoms with van der Waals surface area (Å²) in [6.45, 7) is 2.11. The lowest BCUT2D eigenvalue weighted by Gasteiger charge is -2.04. The molecule has 4 aromatic rings. The van der Waals surface area contributed by atoms with Gasteiger partial charge in [-0.25, -0.2) is 0 Å². The van der Waals surface area contributed by atoms with Gasteiger partial charge in [0, 0.05) is 12.1 Å². The van der Waals surface area contributed by atoms with Gasteiger partial charge in [0.25, 0.3) is 5.69 Å². The van der Waals surface area contributed by atoms with E-state index in [0.717, 1.165) is 24.0 Å².